The van der Waals surface area contributed by atoms with Crippen molar-refractivity contribution in [3.63, 3.8) is 0 Å². The van der Waals surface area contributed by atoms with E-state index in [1.54, 1.807) is 23.2 Å². The number of carboxylic acid groups (broad SMARTS) is 1. The first-order valence-electron chi connectivity index (χ1n) is 4.16. The Morgan fingerprint density at radius 3 is 3.07 bits per heavy atom. The highest BCUT2D eigenvalue weighted by Crippen LogP contribution is 2.17. The Morgan fingerprint density at radius 2 is 2.50 bits per heavy atom. The molecule has 14 heavy (non-hydrogen) atoms. The molecule has 1 heterocycles. The number of nitrogens with zero attached hydrogens (tertiary/aromatic N) is 2. The van der Waals surface area contributed by atoms with Gasteiger partial charge in [-0.3, -0.25) is 4.98 Å². The van der Waals surface area contributed by atoms with Crippen molar-refractivity contribution in [1.29, 1.82) is 0 Å². The highest BCUT2D eigenvalue weighted by molar-refractivity contribution is 5.93. The minimum Gasteiger partial charge on any atom is -0.478 e. The van der Waals surface area contributed by atoms with E-state index in [1.165, 1.54) is 6.20 Å². The van der Waals surface area contributed by atoms with Crippen LogP contribution in [0.5, 0.6) is 0 Å². The van der Waals surface area contributed by atoms with Crippen LogP contribution in [-0.2, 0) is 0 Å². The molecule has 1 rings (SSSR count). The van der Waals surface area contributed by atoms with E-state index in [9.17, 15) is 4.79 Å². The SMILES string of the molecule is C=CCN(C)c1ccncc1C(=O)O. The molecule has 0 bridgehead atoms. The normalized spacial score (nSPS) is 9.50. The lowest BCUT2D eigenvalue weighted by Gasteiger charge is -2.18. The van der Waals surface area contributed by atoms with Crippen LogP contribution in [0.2, 0.25) is 0 Å². The second kappa shape index (κ2) is 4.41. The molecule has 1 N–H and O–H groups in total. The summed E-state index contributed by atoms with van der Waals surface area (Å²) in [4.78, 5) is 16.4. The highest BCUT2D eigenvalue weighted by atomic mass is 16.4. The second-order valence-corrected chi connectivity index (χ2v) is 2.87. The molecule has 0 aromatic carbocycles. The van der Waals surface area contributed by atoms with Gasteiger partial charge in [0.1, 0.15) is 5.56 Å². The summed E-state index contributed by atoms with van der Waals surface area (Å²) in [6.45, 7) is 4.20. The highest BCUT2D eigenvalue weighted by Gasteiger charge is 2.11. The first kappa shape index (κ1) is 10.2. The van der Waals surface area contributed by atoms with Gasteiger partial charge in [0, 0.05) is 26.0 Å². The molecule has 0 saturated heterocycles. The molecule has 4 nitrogen and oxygen atoms in total. The summed E-state index contributed by atoms with van der Waals surface area (Å²) in [5.74, 6) is -0.969. The zero-order valence-corrected chi connectivity index (χ0v) is 7.97. The molecular weight excluding hydrogens is 180 g/mol. The van der Waals surface area contributed by atoms with Crippen molar-refractivity contribution in [1.82, 2.24) is 4.98 Å². The minimum atomic E-state index is -0.969. The van der Waals surface area contributed by atoms with Gasteiger partial charge < -0.3 is 10.0 Å². The Kier molecular flexibility index (Phi) is 3.23. The molecule has 0 fully saturated rings. The average molecular weight is 192 g/mol. The van der Waals surface area contributed by atoms with Gasteiger partial charge in [0.05, 0.1) is 5.69 Å². The van der Waals surface area contributed by atoms with Gasteiger partial charge >= 0.3 is 5.97 Å². The number of carboxylic acids is 1. The second-order valence-electron chi connectivity index (χ2n) is 2.87. The van der Waals surface area contributed by atoms with Gasteiger partial charge in [-0.2, -0.15) is 0 Å². The smallest absolute Gasteiger partial charge is 0.339 e. The maximum absolute atomic E-state index is 10.8. The molecule has 1 aromatic rings. The van der Waals surface area contributed by atoms with E-state index in [-0.39, 0.29) is 5.56 Å². The van der Waals surface area contributed by atoms with Crippen molar-refractivity contribution < 1.29 is 9.90 Å². The summed E-state index contributed by atoms with van der Waals surface area (Å²) in [5.41, 5.74) is 0.851. The third kappa shape index (κ3) is 2.10. The van der Waals surface area contributed by atoms with E-state index < -0.39 is 5.97 Å². The Labute approximate surface area is 82.5 Å². The number of hydrogen-bond donors (Lipinski definition) is 1. The fraction of sp³-hybridized carbons (Fsp3) is 0.200. The van der Waals surface area contributed by atoms with Crippen LogP contribution in [0.3, 0.4) is 0 Å². The van der Waals surface area contributed by atoms with Crippen molar-refractivity contribution in [2.45, 2.75) is 0 Å². The van der Waals surface area contributed by atoms with Crippen molar-refractivity contribution in [2.24, 2.45) is 0 Å². The predicted molar refractivity (Wildman–Crippen MR) is 54.7 cm³/mol. The van der Waals surface area contributed by atoms with E-state index in [4.69, 9.17) is 5.11 Å². The summed E-state index contributed by atoms with van der Waals surface area (Å²) >= 11 is 0. The summed E-state index contributed by atoms with van der Waals surface area (Å²) in [6.07, 6.45) is 4.63. The molecule has 0 aliphatic carbocycles. The van der Waals surface area contributed by atoms with Gasteiger partial charge in [-0.25, -0.2) is 4.79 Å². The number of anilines is 1. The minimum absolute atomic E-state index is 0.205. The van der Waals surface area contributed by atoms with Crippen molar-refractivity contribution in [3.05, 3.63) is 36.7 Å². The van der Waals surface area contributed by atoms with Gasteiger partial charge in [0.2, 0.25) is 0 Å². The molecule has 0 spiro atoms. The third-order valence-electron chi connectivity index (χ3n) is 1.84. The maximum atomic E-state index is 10.8. The molecule has 4 heteroatoms. The van der Waals surface area contributed by atoms with Crippen LogP contribution in [0.15, 0.2) is 31.1 Å². The van der Waals surface area contributed by atoms with Crippen LogP contribution in [0, 0.1) is 0 Å². The number of rotatable bonds is 4. The maximum Gasteiger partial charge on any atom is 0.339 e. The van der Waals surface area contributed by atoms with Crippen LogP contribution >= 0.6 is 0 Å². The van der Waals surface area contributed by atoms with Crippen LogP contribution in [0.25, 0.3) is 0 Å². The predicted octanol–water partition coefficient (Wildman–Crippen LogP) is 1.40. The number of pyridine rings is 1. The van der Waals surface area contributed by atoms with Crippen LogP contribution in [0.4, 0.5) is 5.69 Å². The van der Waals surface area contributed by atoms with Crippen LogP contribution < -0.4 is 4.90 Å². The van der Waals surface area contributed by atoms with Gasteiger partial charge in [-0.1, -0.05) is 6.08 Å². The van der Waals surface area contributed by atoms with Crippen LogP contribution in [0.1, 0.15) is 10.4 Å². The standard InChI is InChI=1S/C10H12N2O2/c1-3-6-12(2)9-4-5-11-7-8(9)10(13)14/h3-5,7H,1,6H2,2H3,(H,13,14). The average Bonchev–Trinajstić information content (AvgIpc) is 2.18. The van der Waals surface area contributed by atoms with E-state index in [2.05, 4.69) is 11.6 Å². The number of aromatic nitrogens is 1. The first-order chi connectivity index (χ1) is 6.66. The molecule has 1 aromatic heterocycles. The summed E-state index contributed by atoms with van der Waals surface area (Å²) < 4.78 is 0. The van der Waals surface area contributed by atoms with Crippen molar-refractivity contribution in [2.75, 3.05) is 18.5 Å². The molecule has 0 saturated carbocycles. The molecular formula is C10H12N2O2. The van der Waals surface area contributed by atoms with E-state index in [0.717, 1.165) is 0 Å². The van der Waals surface area contributed by atoms with Gasteiger partial charge in [-0.15, -0.1) is 6.58 Å². The lowest BCUT2D eigenvalue weighted by atomic mass is 10.2. The van der Waals surface area contributed by atoms with Crippen molar-refractivity contribution >= 4 is 11.7 Å². The Hall–Kier alpha value is -1.84. The quantitative estimate of drug-likeness (QED) is 0.733. The van der Waals surface area contributed by atoms with E-state index in [1.807, 2.05) is 7.05 Å². The summed E-state index contributed by atoms with van der Waals surface area (Å²) in [7, 11) is 1.81. The van der Waals surface area contributed by atoms with E-state index >= 15 is 0 Å². The lowest BCUT2D eigenvalue weighted by molar-refractivity contribution is 0.0697. The lowest BCUT2D eigenvalue weighted by Crippen LogP contribution is -2.19. The number of likely N-dealkylation sites (N-methyl/N-ethyl adjacent to an activating group) is 1. The molecule has 0 atom stereocenters. The summed E-state index contributed by atoms with van der Waals surface area (Å²) in [6, 6.07) is 1.67. The zero-order chi connectivity index (χ0) is 10.6. The van der Waals surface area contributed by atoms with Gasteiger partial charge in [-0.05, 0) is 6.07 Å². The summed E-state index contributed by atoms with van der Waals surface area (Å²) in [5, 5.41) is 8.89. The fourth-order valence-electron chi connectivity index (χ4n) is 1.18. The molecule has 0 aliphatic rings. The molecule has 0 amide bonds. The van der Waals surface area contributed by atoms with Crippen LogP contribution in [-0.4, -0.2) is 29.7 Å². The Bertz CT molecular complexity index is 350. The monoisotopic (exact) mass is 192 g/mol. The number of hydrogen-bond acceptors (Lipinski definition) is 3. The molecule has 0 radical (unpaired) electrons. The topological polar surface area (TPSA) is 53.4 Å². The molecule has 0 aliphatic heterocycles. The zero-order valence-electron chi connectivity index (χ0n) is 7.97. The van der Waals surface area contributed by atoms with Crippen molar-refractivity contribution in [3.8, 4) is 0 Å². The van der Waals surface area contributed by atoms with E-state index in [0.29, 0.717) is 12.2 Å². The van der Waals surface area contributed by atoms with Gasteiger partial charge in [0.25, 0.3) is 0 Å². The molecule has 0 unspecified atom stereocenters. The Morgan fingerprint density at radius 1 is 1.79 bits per heavy atom. The number of aromatic carboxylic acids is 1. The largest absolute Gasteiger partial charge is 0.478 e. The molecule has 74 valence electrons. The first-order valence-corrected chi connectivity index (χ1v) is 4.16. The van der Waals surface area contributed by atoms with Gasteiger partial charge in [0.15, 0.2) is 0 Å². The Balaban J connectivity index is 3.06. The number of carbonyl (C=O) groups is 1. The third-order valence-corrected chi connectivity index (χ3v) is 1.84. The fourth-order valence-corrected chi connectivity index (χ4v) is 1.18.